The first-order valence-corrected chi connectivity index (χ1v) is 8.03. The van der Waals surface area contributed by atoms with E-state index in [1.807, 2.05) is 61.6 Å². The largest absolute Gasteiger partial charge is 0.371 e. The van der Waals surface area contributed by atoms with Gasteiger partial charge in [-0.2, -0.15) is 5.10 Å². The van der Waals surface area contributed by atoms with Crippen molar-refractivity contribution < 1.29 is 9.53 Å². The molecule has 6 heteroatoms. The summed E-state index contributed by atoms with van der Waals surface area (Å²) in [7, 11) is 1.93. The van der Waals surface area contributed by atoms with Gasteiger partial charge in [-0.15, -0.1) is 0 Å². The van der Waals surface area contributed by atoms with Gasteiger partial charge in [0.25, 0.3) is 0 Å². The van der Waals surface area contributed by atoms with Crippen molar-refractivity contribution in [1.82, 2.24) is 19.7 Å². The Balaban J connectivity index is 1.76. The molecule has 23 heavy (non-hydrogen) atoms. The molecule has 0 aromatic carbocycles. The van der Waals surface area contributed by atoms with Gasteiger partial charge in [-0.3, -0.25) is 9.48 Å². The average Bonchev–Trinajstić information content (AvgIpc) is 3.22. The van der Waals surface area contributed by atoms with Gasteiger partial charge in [0.15, 0.2) is 0 Å². The van der Waals surface area contributed by atoms with E-state index >= 15 is 0 Å². The molecule has 3 rings (SSSR count). The first kappa shape index (κ1) is 15.8. The third-order valence-electron chi connectivity index (χ3n) is 4.72. The molecule has 1 amide bonds. The first-order valence-electron chi connectivity index (χ1n) is 8.03. The third-order valence-corrected chi connectivity index (χ3v) is 4.72. The number of amides is 1. The molecule has 1 N–H and O–H groups in total. The maximum atomic E-state index is 12.5. The summed E-state index contributed by atoms with van der Waals surface area (Å²) in [5, 5.41) is 7.62. The molecule has 1 fully saturated rings. The van der Waals surface area contributed by atoms with Crippen LogP contribution in [0.15, 0.2) is 24.5 Å². The van der Waals surface area contributed by atoms with E-state index in [-0.39, 0.29) is 24.1 Å². The number of rotatable bonds is 4. The second-order valence-electron chi connectivity index (χ2n) is 6.21. The Kier molecular flexibility index (Phi) is 4.26. The Morgan fingerprint density at radius 1 is 1.39 bits per heavy atom. The average molecular weight is 316 g/mol. The highest BCUT2D eigenvalue weighted by atomic mass is 16.5. The fraction of sp³-hybridized carbons (Fsp3) is 0.529. The Morgan fingerprint density at radius 2 is 2.09 bits per heavy atom. The second kappa shape index (κ2) is 6.20. The summed E-state index contributed by atoms with van der Waals surface area (Å²) < 4.78 is 9.70. The molecule has 0 spiro atoms. The minimum atomic E-state index is -0.234. The van der Waals surface area contributed by atoms with Crippen molar-refractivity contribution in [2.45, 2.75) is 45.4 Å². The second-order valence-corrected chi connectivity index (χ2v) is 6.21. The van der Waals surface area contributed by atoms with Crippen LogP contribution in [0.3, 0.4) is 0 Å². The summed E-state index contributed by atoms with van der Waals surface area (Å²) in [6.07, 6.45) is 4.51. The number of carbonyl (C=O) groups excluding carboxylic acids is 1. The van der Waals surface area contributed by atoms with Gasteiger partial charge in [-0.25, -0.2) is 0 Å². The molecule has 0 aliphatic carbocycles. The number of carbonyl (C=O) groups is 1. The van der Waals surface area contributed by atoms with Crippen molar-refractivity contribution in [3.05, 3.63) is 41.5 Å². The lowest BCUT2D eigenvalue weighted by Crippen LogP contribution is -2.40. The Labute approximate surface area is 136 Å². The van der Waals surface area contributed by atoms with E-state index in [0.29, 0.717) is 6.61 Å². The van der Waals surface area contributed by atoms with Gasteiger partial charge in [0.1, 0.15) is 12.1 Å². The molecule has 2 aromatic rings. The predicted octanol–water partition coefficient (Wildman–Crippen LogP) is 2.05. The highest BCUT2D eigenvalue weighted by Crippen LogP contribution is 2.33. The minimum Gasteiger partial charge on any atom is -0.371 e. The quantitative estimate of drug-likeness (QED) is 0.939. The number of nitrogens with zero attached hydrogens (tertiary/aromatic N) is 3. The minimum absolute atomic E-state index is 0.0119. The van der Waals surface area contributed by atoms with Gasteiger partial charge >= 0.3 is 0 Å². The predicted molar refractivity (Wildman–Crippen MR) is 87.1 cm³/mol. The van der Waals surface area contributed by atoms with Gasteiger partial charge in [0, 0.05) is 37.3 Å². The molecule has 1 aliphatic heterocycles. The van der Waals surface area contributed by atoms with E-state index < -0.39 is 0 Å². The fourth-order valence-corrected chi connectivity index (χ4v) is 3.27. The van der Waals surface area contributed by atoms with E-state index in [1.165, 1.54) is 0 Å². The van der Waals surface area contributed by atoms with E-state index in [0.717, 1.165) is 23.4 Å². The summed E-state index contributed by atoms with van der Waals surface area (Å²) in [4.78, 5) is 12.5. The van der Waals surface area contributed by atoms with Crippen molar-refractivity contribution in [1.29, 1.82) is 0 Å². The first-order chi connectivity index (χ1) is 11.0. The van der Waals surface area contributed by atoms with Gasteiger partial charge in [0.05, 0.1) is 11.7 Å². The lowest BCUT2D eigenvalue weighted by molar-refractivity contribution is -0.125. The van der Waals surface area contributed by atoms with Crippen LogP contribution in [0.5, 0.6) is 0 Å². The molecule has 124 valence electrons. The van der Waals surface area contributed by atoms with Crippen LogP contribution in [0.1, 0.15) is 42.4 Å². The normalized spacial score (nSPS) is 22.3. The Morgan fingerprint density at radius 3 is 2.70 bits per heavy atom. The van der Waals surface area contributed by atoms with Crippen LogP contribution in [-0.4, -0.2) is 32.9 Å². The third kappa shape index (κ3) is 2.91. The van der Waals surface area contributed by atoms with Crippen molar-refractivity contribution in [2.75, 3.05) is 6.61 Å². The van der Waals surface area contributed by atoms with Gasteiger partial charge < -0.3 is 14.6 Å². The molecule has 1 aliphatic rings. The van der Waals surface area contributed by atoms with Gasteiger partial charge in [-0.1, -0.05) is 0 Å². The van der Waals surface area contributed by atoms with Crippen LogP contribution in [-0.2, 0) is 16.6 Å². The van der Waals surface area contributed by atoms with Crippen LogP contribution in [0, 0.1) is 13.8 Å². The SMILES string of the molecule is Cc1nn(C)c(C)c1[C@H]1OCC[C@@H]1NC(=O)C(C)n1cccc1. The summed E-state index contributed by atoms with van der Waals surface area (Å²) >= 11 is 0. The standard InChI is InChI=1S/C17H24N4O2/c1-11-15(12(2)20(4)19-11)16-14(7-10-23-16)18-17(22)13(3)21-8-5-6-9-21/h5-6,8-9,13-14,16H,7,10H2,1-4H3,(H,18,22)/t13?,14-,16-/m0/s1. The lowest BCUT2D eigenvalue weighted by Gasteiger charge is -2.23. The molecule has 0 bridgehead atoms. The molecule has 3 atom stereocenters. The molecule has 0 saturated carbocycles. The zero-order valence-electron chi connectivity index (χ0n) is 14.1. The summed E-state index contributed by atoms with van der Waals surface area (Å²) in [5.74, 6) is 0.0147. The number of aromatic nitrogens is 3. The number of ether oxygens (including phenoxy) is 1. The van der Waals surface area contributed by atoms with E-state index in [2.05, 4.69) is 10.4 Å². The molecular formula is C17H24N4O2. The molecule has 3 heterocycles. The highest BCUT2D eigenvalue weighted by Gasteiger charge is 2.35. The molecule has 0 radical (unpaired) electrons. The smallest absolute Gasteiger partial charge is 0.243 e. The van der Waals surface area contributed by atoms with Gasteiger partial charge in [-0.05, 0) is 39.3 Å². The van der Waals surface area contributed by atoms with Crippen LogP contribution < -0.4 is 5.32 Å². The summed E-state index contributed by atoms with van der Waals surface area (Å²) in [5.41, 5.74) is 3.16. The number of aryl methyl sites for hydroxylation is 2. The lowest BCUT2D eigenvalue weighted by atomic mass is 10.00. The van der Waals surface area contributed by atoms with Crippen molar-refractivity contribution in [3.8, 4) is 0 Å². The number of hydrogen-bond donors (Lipinski definition) is 1. The fourth-order valence-electron chi connectivity index (χ4n) is 3.27. The van der Waals surface area contributed by atoms with Crippen LogP contribution in [0.25, 0.3) is 0 Å². The van der Waals surface area contributed by atoms with E-state index in [4.69, 9.17) is 4.74 Å². The maximum Gasteiger partial charge on any atom is 0.243 e. The van der Waals surface area contributed by atoms with Crippen molar-refractivity contribution in [3.63, 3.8) is 0 Å². The van der Waals surface area contributed by atoms with E-state index in [9.17, 15) is 4.79 Å². The van der Waals surface area contributed by atoms with Crippen LogP contribution in [0.2, 0.25) is 0 Å². The van der Waals surface area contributed by atoms with Gasteiger partial charge in [0.2, 0.25) is 5.91 Å². The zero-order chi connectivity index (χ0) is 16.6. The van der Waals surface area contributed by atoms with E-state index in [1.54, 1.807) is 0 Å². The number of nitrogens with one attached hydrogen (secondary N) is 1. The maximum absolute atomic E-state index is 12.5. The highest BCUT2D eigenvalue weighted by molar-refractivity contribution is 5.80. The van der Waals surface area contributed by atoms with Crippen LogP contribution in [0.4, 0.5) is 0 Å². The summed E-state index contributed by atoms with van der Waals surface area (Å²) in [6.45, 7) is 6.59. The van der Waals surface area contributed by atoms with Crippen LogP contribution >= 0.6 is 0 Å². The number of hydrogen-bond acceptors (Lipinski definition) is 3. The summed E-state index contributed by atoms with van der Waals surface area (Å²) in [6, 6.07) is 3.60. The van der Waals surface area contributed by atoms with Crippen molar-refractivity contribution in [2.24, 2.45) is 7.05 Å². The molecule has 1 saturated heterocycles. The zero-order valence-corrected chi connectivity index (χ0v) is 14.1. The molecule has 1 unspecified atom stereocenters. The monoisotopic (exact) mass is 316 g/mol. The molecule has 2 aromatic heterocycles. The Hall–Kier alpha value is -2.08. The topological polar surface area (TPSA) is 61.1 Å². The molecule has 6 nitrogen and oxygen atoms in total. The van der Waals surface area contributed by atoms with Crippen molar-refractivity contribution >= 4 is 5.91 Å². The Bertz CT molecular complexity index is 690. The molecular weight excluding hydrogens is 292 g/mol.